The molecule has 5 nitrogen and oxygen atoms in total. The van der Waals surface area contributed by atoms with Crippen LogP contribution in [0.3, 0.4) is 0 Å². The van der Waals surface area contributed by atoms with Crippen LogP contribution in [0.25, 0.3) is 0 Å². The monoisotopic (exact) mass is 573 g/mol. The molecular formula is C24H23F8NO4S. The topological polar surface area (TPSA) is 83.5 Å². The molecule has 3 rings (SSSR count). The summed E-state index contributed by atoms with van der Waals surface area (Å²) >= 11 is 0. The van der Waals surface area contributed by atoms with Crippen LogP contribution in [0.1, 0.15) is 37.8 Å². The number of carbonyl (C=O) groups excluding carboxylic acids is 1. The number of alkyl halides is 7. The maximum absolute atomic E-state index is 14.5. The van der Waals surface area contributed by atoms with Crippen LogP contribution in [-0.4, -0.2) is 43.9 Å². The van der Waals surface area contributed by atoms with Gasteiger partial charge in [-0.05, 0) is 56.5 Å². The Morgan fingerprint density at radius 3 is 1.82 bits per heavy atom. The van der Waals surface area contributed by atoms with E-state index in [1.54, 1.807) is 0 Å². The molecule has 1 saturated carbocycles. The molecule has 0 spiro atoms. The Labute approximate surface area is 212 Å². The quantitative estimate of drug-likeness (QED) is 0.358. The minimum atomic E-state index is -6.36. The fourth-order valence-corrected chi connectivity index (χ4v) is 6.54. The van der Waals surface area contributed by atoms with Gasteiger partial charge in [0, 0.05) is 18.0 Å². The first kappa shape index (κ1) is 29.8. The molecule has 1 fully saturated rings. The summed E-state index contributed by atoms with van der Waals surface area (Å²) in [5, 5.41) is 12.2. The largest absolute Gasteiger partial charge is 0.435 e. The number of rotatable bonds is 7. The van der Waals surface area contributed by atoms with E-state index in [1.807, 2.05) is 0 Å². The van der Waals surface area contributed by atoms with Crippen molar-refractivity contribution in [3.05, 3.63) is 65.5 Å². The van der Waals surface area contributed by atoms with Gasteiger partial charge in [0.1, 0.15) is 10.6 Å². The maximum Gasteiger partial charge on any atom is 0.435 e. The molecule has 14 heteroatoms. The lowest BCUT2D eigenvalue weighted by Crippen LogP contribution is -2.54. The average Bonchev–Trinajstić information content (AvgIpc) is 2.75. The van der Waals surface area contributed by atoms with Crippen LogP contribution in [0, 0.1) is 11.7 Å². The van der Waals surface area contributed by atoms with Crippen LogP contribution in [0.2, 0.25) is 0 Å². The summed E-state index contributed by atoms with van der Waals surface area (Å²) in [7, 11) is -4.48. The van der Waals surface area contributed by atoms with Crippen LogP contribution < -0.4 is 5.32 Å². The first-order chi connectivity index (χ1) is 17.2. The molecule has 0 heterocycles. The Bertz CT molecular complexity index is 1260. The Hall–Kier alpha value is -2.74. The van der Waals surface area contributed by atoms with Crippen molar-refractivity contribution in [2.45, 2.75) is 60.0 Å². The van der Waals surface area contributed by atoms with Crippen molar-refractivity contribution in [1.29, 1.82) is 0 Å². The van der Waals surface area contributed by atoms with Gasteiger partial charge < -0.3 is 10.4 Å². The van der Waals surface area contributed by atoms with Crippen molar-refractivity contribution >= 4 is 15.7 Å². The van der Waals surface area contributed by atoms with Crippen LogP contribution in [0.5, 0.6) is 0 Å². The highest BCUT2D eigenvalue weighted by atomic mass is 32.2. The van der Waals surface area contributed by atoms with Gasteiger partial charge in [-0.15, -0.1) is 0 Å². The molecule has 2 aromatic carbocycles. The molecule has 1 aliphatic rings. The molecule has 0 radical (unpaired) electrons. The van der Waals surface area contributed by atoms with Crippen LogP contribution in [0.4, 0.5) is 35.1 Å². The molecule has 0 unspecified atom stereocenters. The van der Waals surface area contributed by atoms with E-state index >= 15 is 0 Å². The van der Waals surface area contributed by atoms with Gasteiger partial charge in [-0.2, -0.15) is 26.3 Å². The summed E-state index contributed by atoms with van der Waals surface area (Å²) in [5.74, 6) is -2.35. The minimum absolute atomic E-state index is 0.178. The molecule has 0 bridgehead atoms. The lowest BCUT2D eigenvalue weighted by molar-refractivity contribution is -0.348. The summed E-state index contributed by atoms with van der Waals surface area (Å²) in [5.41, 5.74) is -9.07. The number of aliphatic hydroxyl groups is 1. The van der Waals surface area contributed by atoms with Crippen molar-refractivity contribution in [2.75, 3.05) is 6.54 Å². The molecule has 0 aliphatic heterocycles. The van der Waals surface area contributed by atoms with Gasteiger partial charge in [0.05, 0.1) is 10.5 Å². The number of hydrogen-bond acceptors (Lipinski definition) is 4. The smallest absolute Gasteiger partial charge is 0.389 e. The molecule has 0 saturated heterocycles. The highest BCUT2D eigenvalue weighted by Crippen LogP contribution is 2.56. The molecule has 2 N–H and O–H groups in total. The minimum Gasteiger partial charge on any atom is -0.389 e. The third-order valence-corrected chi connectivity index (χ3v) is 8.94. The normalized spacial score (nSPS) is 21.1. The number of benzene rings is 2. The van der Waals surface area contributed by atoms with Gasteiger partial charge >= 0.3 is 18.0 Å². The molecule has 2 aromatic rings. The van der Waals surface area contributed by atoms with E-state index in [4.69, 9.17) is 0 Å². The summed E-state index contributed by atoms with van der Waals surface area (Å²) < 4.78 is 132. The number of sulfone groups is 1. The zero-order chi connectivity index (χ0) is 28.9. The van der Waals surface area contributed by atoms with Gasteiger partial charge in [-0.25, -0.2) is 17.2 Å². The van der Waals surface area contributed by atoms with Gasteiger partial charge in [-0.3, -0.25) is 4.79 Å². The Morgan fingerprint density at radius 1 is 0.921 bits per heavy atom. The van der Waals surface area contributed by atoms with E-state index in [1.165, 1.54) is 13.8 Å². The second-order valence-corrected chi connectivity index (χ2v) is 12.1. The standard InChI is InChI=1S/C24H23F8NO4S/c1-20(2,35)13-33-19(34)14-11-21(12-14,38(36,37)18-9-7-17(25)8-10-18)15-3-5-16(6-4-15)22(26,23(27,28)29)24(30,31)32/h3-10,14,35H,11-13H2,1-2H3,(H,33,34)/t14-,21+. The van der Waals surface area contributed by atoms with E-state index in [0.29, 0.717) is 12.1 Å². The molecule has 1 amide bonds. The highest BCUT2D eigenvalue weighted by molar-refractivity contribution is 7.92. The number of halogens is 8. The molecule has 38 heavy (non-hydrogen) atoms. The van der Waals surface area contributed by atoms with Crippen molar-refractivity contribution in [3.63, 3.8) is 0 Å². The molecule has 0 aromatic heterocycles. The highest BCUT2D eigenvalue weighted by Gasteiger charge is 2.73. The van der Waals surface area contributed by atoms with Gasteiger partial charge in [0.25, 0.3) is 0 Å². The Balaban J connectivity index is 2.06. The average molecular weight is 574 g/mol. The predicted molar refractivity (Wildman–Crippen MR) is 119 cm³/mol. The van der Waals surface area contributed by atoms with Crippen molar-refractivity contribution in [2.24, 2.45) is 5.92 Å². The lowest BCUT2D eigenvalue weighted by atomic mass is 9.69. The first-order valence-electron chi connectivity index (χ1n) is 11.1. The SMILES string of the molecule is CC(C)(O)CNC(=O)[C@H]1C[C@@](c2ccc(C(F)(C(F)(F)F)C(F)(F)F)cc2)(S(=O)(=O)c2ccc(F)cc2)C1. The van der Waals surface area contributed by atoms with E-state index in [0.717, 1.165) is 24.3 Å². The van der Waals surface area contributed by atoms with Crippen LogP contribution >= 0.6 is 0 Å². The number of hydrogen-bond donors (Lipinski definition) is 2. The fraction of sp³-hybridized carbons (Fsp3) is 0.458. The summed E-state index contributed by atoms with van der Waals surface area (Å²) in [6.45, 7) is 2.64. The fourth-order valence-electron chi connectivity index (χ4n) is 4.31. The second-order valence-electron chi connectivity index (χ2n) is 9.82. The predicted octanol–water partition coefficient (Wildman–Crippen LogP) is 5.08. The number of nitrogens with one attached hydrogen (secondary N) is 1. The van der Waals surface area contributed by atoms with Crippen molar-refractivity contribution in [1.82, 2.24) is 5.32 Å². The van der Waals surface area contributed by atoms with E-state index in [2.05, 4.69) is 5.32 Å². The van der Waals surface area contributed by atoms with E-state index < -0.39 is 79.1 Å². The third kappa shape index (κ3) is 5.12. The van der Waals surface area contributed by atoms with Gasteiger partial charge in [-0.1, -0.05) is 24.3 Å². The number of carbonyl (C=O) groups is 1. The van der Waals surface area contributed by atoms with Crippen molar-refractivity contribution < 1.29 is 53.4 Å². The van der Waals surface area contributed by atoms with E-state index in [9.17, 15) is 53.4 Å². The third-order valence-electron chi connectivity index (χ3n) is 6.45. The maximum atomic E-state index is 14.5. The summed E-state index contributed by atoms with van der Waals surface area (Å²) in [4.78, 5) is 12.1. The zero-order valence-corrected chi connectivity index (χ0v) is 20.7. The number of amides is 1. The summed E-state index contributed by atoms with van der Waals surface area (Å²) in [6, 6.07) is 5.27. The van der Waals surface area contributed by atoms with Crippen LogP contribution in [0.15, 0.2) is 53.4 Å². The zero-order valence-electron chi connectivity index (χ0n) is 19.9. The second kappa shape index (κ2) is 9.47. The molecule has 1 aliphatic carbocycles. The molecular weight excluding hydrogens is 550 g/mol. The first-order valence-corrected chi connectivity index (χ1v) is 12.6. The Kier molecular flexibility index (Phi) is 7.43. The van der Waals surface area contributed by atoms with Crippen LogP contribution in [-0.2, 0) is 25.0 Å². The van der Waals surface area contributed by atoms with Crippen molar-refractivity contribution in [3.8, 4) is 0 Å². The summed E-state index contributed by atoms with van der Waals surface area (Å²) in [6.07, 6.45) is -13.6. The Morgan fingerprint density at radius 2 is 1.39 bits per heavy atom. The lowest BCUT2D eigenvalue weighted by Gasteiger charge is -2.46. The molecule has 0 atom stereocenters. The molecule has 210 valence electrons. The van der Waals surface area contributed by atoms with Gasteiger partial charge in [0.2, 0.25) is 5.91 Å². The van der Waals surface area contributed by atoms with E-state index in [-0.39, 0.29) is 24.2 Å². The van der Waals surface area contributed by atoms with Gasteiger partial charge in [0.15, 0.2) is 9.84 Å².